The Morgan fingerprint density at radius 2 is 1.89 bits per heavy atom. The average Bonchev–Trinajstić information content (AvgIpc) is 2.70. The minimum Gasteiger partial charge on any atom is -0.334 e. The Labute approximate surface area is 113 Å². The molecule has 0 saturated carbocycles. The van der Waals surface area contributed by atoms with Crippen molar-refractivity contribution in [2.45, 2.75) is 19.1 Å². The molecule has 0 atom stereocenters. The fourth-order valence-electron chi connectivity index (χ4n) is 1.98. The predicted molar refractivity (Wildman–Crippen MR) is 65.4 cm³/mol. The van der Waals surface area contributed by atoms with Crippen molar-refractivity contribution in [3.63, 3.8) is 0 Å². The van der Waals surface area contributed by atoms with Gasteiger partial charge in [-0.05, 0) is 12.0 Å². The zero-order valence-electron chi connectivity index (χ0n) is 9.88. The summed E-state index contributed by atoms with van der Waals surface area (Å²) in [6, 6.07) is 9.10. The second-order valence-electron chi connectivity index (χ2n) is 4.25. The fourth-order valence-corrected chi connectivity index (χ4v) is 2.15. The molecule has 1 heterocycles. The number of allylic oxidation sites excluding steroid dienone is 1. The van der Waals surface area contributed by atoms with E-state index >= 15 is 0 Å². The molecule has 19 heavy (non-hydrogen) atoms. The van der Waals surface area contributed by atoms with E-state index in [1.54, 1.807) is 0 Å². The van der Waals surface area contributed by atoms with E-state index in [0.29, 0.717) is 6.54 Å². The monoisotopic (exact) mass is 289 g/mol. The van der Waals surface area contributed by atoms with Crippen LogP contribution in [0.3, 0.4) is 0 Å². The molecule has 0 spiro atoms. The summed E-state index contributed by atoms with van der Waals surface area (Å²) in [6.45, 7) is 0.556. The number of alkyl halides is 3. The van der Waals surface area contributed by atoms with Crippen LogP contribution in [0.5, 0.6) is 0 Å². The largest absolute Gasteiger partial charge is 0.427 e. The van der Waals surface area contributed by atoms with Crippen molar-refractivity contribution >= 4 is 17.5 Å². The van der Waals surface area contributed by atoms with Gasteiger partial charge in [-0.2, -0.15) is 13.2 Å². The van der Waals surface area contributed by atoms with Gasteiger partial charge in [-0.1, -0.05) is 41.9 Å². The number of amides is 1. The van der Waals surface area contributed by atoms with Crippen molar-refractivity contribution < 1.29 is 18.0 Å². The highest BCUT2D eigenvalue weighted by atomic mass is 35.5. The molecule has 1 aliphatic heterocycles. The summed E-state index contributed by atoms with van der Waals surface area (Å²) >= 11 is 5.23. The first kappa shape index (κ1) is 13.9. The maximum absolute atomic E-state index is 12.5. The molecule has 0 N–H and O–H groups in total. The number of carbonyl (C=O) groups excluding carboxylic acids is 1. The molecule has 0 aliphatic carbocycles. The number of nitrogens with zero attached hydrogens (tertiary/aromatic N) is 1. The van der Waals surface area contributed by atoms with Crippen molar-refractivity contribution in [3.05, 3.63) is 46.5 Å². The second-order valence-corrected chi connectivity index (χ2v) is 4.63. The van der Waals surface area contributed by atoms with Crippen LogP contribution >= 0.6 is 11.6 Å². The second kappa shape index (κ2) is 5.25. The SMILES string of the molecule is O=C1/C(=C(/Cl)C(F)(F)F)CCN1Cc1ccccc1. The quantitative estimate of drug-likeness (QED) is 0.763. The van der Waals surface area contributed by atoms with Crippen LogP contribution in [0.15, 0.2) is 40.9 Å². The Hall–Kier alpha value is -1.49. The zero-order chi connectivity index (χ0) is 14.0. The Bertz CT molecular complexity index is 510. The summed E-state index contributed by atoms with van der Waals surface area (Å²) in [7, 11) is 0. The standard InChI is InChI=1S/C13H11ClF3NO/c14-11(13(15,16)17)10-6-7-18(12(10)19)8-9-4-2-1-3-5-9/h1-5H,6-8H2/b11-10+. The van der Waals surface area contributed by atoms with Gasteiger partial charge in [0.2, 0.25) is 0 Å². The predicted octanol–water partition coefficient (Wildman–Crippen LogP) is 3.47. The third kappa shape index (κ3) is 3.10. The Morgan fingerprint density at radius 1 is 1.26 bits per heavy atom. The van der Waals surface area contributed by atoms with Crippen LogP contribution in [0.2, 0.25) is 0 Å². The number of rotatable bonds is 2. The van der Waals surface area contributed by atoms with Gasteiger partial charge in [0.05, 0.1) is 0 Å². The van der Waals surface area contributed by atoms with E-state index in [1.807, 2.05) is 30.3 Å². The van der Waals surface area contributed by atoms with Gasteiger partial charge in [-0.25, -0.2) is 0 Å². The average molecular weight is 290 g/mol. The van der Waals surface area contributed by atoms with Crippen molar-refractivity contribution in [1.82, 2.24) is 4.90 Å². The lowest BCUT2D eigenvalue weighted by molar-refractivity contribution is -0.126. The molecule has 0 aromatic heterocycles. The van der Waals surface area contributed by atoms with Crippen molar-refractivity contribution in [3.8, 4) is 0 Å². The molecule has 2 rings (SSSR count). The number of hydrogen-bond acceptors (Lipinski definition) is 1. The number of halogens is 4. The zero-order valence-corrected chi connectivity index (χ0v) is 10.6. The highest BCUT2D eigenvalue weighted by molar-refractivity contribution is 6.32. The van der Waals surface area contributed by atoms with Crippen LogP contribution in [-0.2, 0) is 11.3 Å². The molecule has 1 aliphatic rings. The van der Waals surface area contributed by atoms with E-state index in [9.17, 15) is 18.0 Å². The summed E-state index contributed by atoms with van der Waals surface area (Å²) in [5.74, 6) is -0.633. The van der Waals surface area contributed by atoms with Gasteiger partial charge >= 0.3 is 6.18 Å². The van der Waals surface area contributed by atoms with E-state index < -0.39 is 17.1 Å². The normalized spacial score (nSPS) is 18.9. The van der Waals surface area contributed by atoms with Crippen molar-refractivity contribution in [2.24, 2.45) is 0 Å². The maximum atomic E-state index is 12.5. The van der Waals surface area contributed by atoms with Gasteiger partial charge in [-0.3, -0.25) is 4.79 Å². The molecule has 0 bridgehead atoms. The minimum atomic E-state index is -4.66. The van der Waals surface area contributed by atoms with Gasteiger partial charge in [0.15, 0.2) is 0 Å². The highest BCUT2D eigenvalue weighted by Gasteiger charge is 2.40. The van der Waals surface area contributed by atoms with Gasteiger partial charge in [0.25, 0.3) is 5.91 Å². The van der Waals surface area contributed by atoms with Crippen LogP contribution in [0.4, 0.5) is 13.2 Å². The molecular formula is C13H11ClF3NO. The first-order valence-corrected chi connectivity index (χ1v) is 6.06. The van der Waals surface area contributed by atoms with Gasteiger partial charge in [-0.15, -0.1) is 0 Å². The third-order valence-corrected chi connectivity index (χ3v) is 3.35. The van der Waals surface area contributed by atoms with E-state index in [0.717, 1.165) is 5.56 Å². The molecule has 1 aromatic carbocycles. The third-order valence-electron chi connectivity index (χ3n) is 2.91. The Morgan fingerprint density at radius 3 is 2.47 bits per heavy atom. The molecule has 1 aromatic rings. The number of likely N-dealkylation sites (tertiary alicyclic amines) is 1. The molecule has 102 valence electrons. The summed E-state index contributed by atoms with van der Waals surface area (Å²) < 4.78 is 37.4. The van der Waals surface area contributed by atoms with Crippen LogP contribution in [0, 0.1) is 0 Å². The topological polar surface area (TPSA) is 20.3 Å². The van der Waals surface area contributed by atoms with E-state index in [2.05, 4.69) is 0 Å². The minimum absolute atomic E-state index is 0.0318. The van der Waals surface area contributed by atoms with E-state index in [-0.39, 0.29) is 18.5 Å². The van der Waals surface area contributed by atoms with E-state index in [4.69, 9.17) is 11.6 Å². The highest BCUT2D eigenvalue weighted by Crippen LogP contribution is 2.35. The van der Waals surface area contributed by atoms with Crippen LogP contribution in [-0.4, -0.2) is 23.5 Å². The van der Waals surface area contributed by atoms with Gasteiger partial charge in [0.1, 0.15) is 5.03 Å². The molecule has 1 saturated heterocycles. The maximum Gasteiger partial charge on any atom is 0.427 e. The van der Waals surface area contributed by atoms with Gasteiger partial charge < -0.3 is 4.90 Å². The lowest BCUT2D eigenvalue weighted by Crippen LogP contribution is -2.25. The van der Waals surface area contributed by atoms with Crippen molar-refractivity contribution in [2.75, 3.05) is 6.54 Å². The molecular weight excluding hydrogens is 279 g/mol. The molecule has 0 unspecified atom stereocenters. The van der Waals surface area contributed by atoms with Gasteiger partial charge in [0, 0.05) is 18.7 Å². The Kier molecular flexibility index (Phi) is 3.85. The van der Waals surface area contributed by atoms with Crippen LogP contribution in [0.25, 0.3) is 0 Å². The smallest absolute Gasteiger partial charge is 0.334 e. The first-order valence-electron chi connectivity index (χ1n) is 5.68. The number of carbonyl (C=O) groups is 1. The summed E-state index contributed by atoms with van der Waals surface area (Å²) in [4.78, 5) is 13.3. The first-order chi connectivity index (χ1) is 8.89. The molecule has 2 nitrogen and oxygen atoms in total. The molecule has 6 heteroatoms. The lowest BCUT2D eigenvalue weighted by atomic mass is 10.2. The summed E-state index contributed by atoms with van der Waals surface area (Å²) in [6.07, 6.45) is -4.63. The lowest BCUT2D eigenvalue weighted by Gasteiger charge is -2.15. The van der Waals surface area contributed by atoms with Crippen LogP contribution < -0.4 is 0 Å². The van der Waals surface area contributed by atoms with Crippen LogP contribution in [0.1, 0.15) is 12.0 Å². The van der Waals surface area contributed by atoms with Crippen molar-refractivity contribution in [1.29, 1.82) is 0 Å². The molecule has 0 radical (unpaired) electrons. The van der Waals surface area contributed by atoms with E-state index in [1.165, 1.54) is 4.90 Å². The molecule has 1 amide bonds. The Balaban J connectivity index is 2.15. The molecule has 1 fully saturated rings. The fraction of sp³-hybridized carbons (Fsp3) is 0.308. The number of benzene rings is 1. The summed E-state index contributed by atoms with van der Waals surface area (Å²) in [5, 5.41) is -1.30. The summed E-state index contributed by atoms with van der Waals surface area (Å²) in [5.41, 5.74) is 0.533. The number of hydrogen-bond donors (Lipinski definition) is 0.